The van der Waals surface area contributed by atoms with Crippen molar-refractivity contribution in [2.45, 2.75) is 26.7 Å². The van der Waals surface area contributed by atoms with E-state index in [0.29, 0.717) is 22.7 Å². The molecule has 1 aromatic heterocycles. The minimum absolute atomic E-state index is 0.0504. The minimum Gasteiger partial charge on any atom is -0.360 e. The van der Waals surface area contributed by atoms with Crippen LogP contribution in [-0.2, 0) is 0 Å². The molecule has 5 heteroatoms. The highest BCUT2D eigenvalue weighted by molar-refractivity contribution is 6.05. The van der Waals surface area contributed by atoms with E-state index in [1.807, 2.05) is 13.8 Å². The molecule has 0 fully saturated rings. The van der Waals surface area contributed by atoms with Crippen molar-refractivity contribution in [3.05, 3.63) is 47.1 Å². The molecule has 0 spiro atoms. The molecule has 0 aliphatic rings. The fourth-order valence-electron chi connectivity index (χ4n) is 1.82. The van der Waals surface area contributed by atoms with Gasteiger partial charge < -0.3 is 9.84 Å². The van der Waals surface area contributed by atoms with Gasteiger partial charge in [0.15, 0.2) is 5.76 Å². The maximum absolute atomic E-state index is 13.1. The number of halogens is 1. The summed E-state index contributed by atoms with van der Waals surface area (Å²) in [7, 11) is 0. The summed E-state index contributed by atoms with van der Waals surface area (Å²) in [4.78, 5) is 12.2. The first-order valence-electron chi connectivity index (χ1n) is 6.02. The monoisotopic (exact) mass is 262 g/mol. The maximum atomic E-state index is 13.1. The molecular weight excluding hydrogens is 247 g/mol. The molecule has 1 N–H and O–H groups in total. The first kappa shape index (κ1) is 13.3. The van der Waals surface area contributed by atoms with Crippen LogP contribution >= 0.6 is 0 Å². The van der Waals surface area contributed by atoms with E-state index in [-0.39, 0.29) is 11.8 Å². The molecule has 0 saturated heterocycles. The Labute approximate surface area is 110 Å². The number of aromatic nitrogens is 1. The van der Waals surface area contributed by atoms with Gasteiger partial charge in [-0.1, -0.05) is 25.1 Å². The van der Waals surface area contributed by atoms with Crippen molar-refractivity contribution in [1.82, 2.24) is 5.16 Å². The molecule has 0 bridgehead atoms. The molecule has 100 valence electrons. The van der Waals surface area contributed by atoms with E-state index in [2.05, 4.69) is 10.5 Å². The van der Waals surface area contributed by atoms with Gasteiger partial charge in [0, 0.05) is 11.6 Å². The number of hydrogen-bond donors (Lipinski definition) is 1. The highest BCUT2D eigenvalue weighted by Gasteiger charge is 2.22. The molecule has 2 rings (SSSR count). The summed E-state index contributed by atoms with van der Waals surface area (Å²) < 4.78 is 18.2. The SMILES string of the molecule is Cc1noc(C(C)C)c1C(=O)Nc1cccc(F)c1. The molecule has 1 heterocycles. The number of carbonyl (C=O) groups is 1. The van der Waals surface area contributed by atoms with E-state index in [1.54, 1.807) is 13.0 Å². The Morgan fingerprint density at radius 2 is 2.16 bits per heavy atom. The Hall–Kier alpha value is -2.17. The lowest BCUT2D eigenvalue weighted by Crippen LogP contribution is -2.14. The second kappa shape index (κ2) is 5.22. The van der Waals surface area contributed by atoms with Gasteiger partial charge >= 0.3 is 0 Å². The van der Waals surface area contributed by atoms with Crippen LogP contribution in [0.3, 0.4) is 0 Å². The number of amides is 1. The molecule has 0 atom stereocenters. The van der Waals surface area contributed by atoms with Gasteiger partial charge in [0.2, 0.25) is 0 Å². The fraction of sp³-hybridized carbons (Fsp3) is 0.286. The number of anilines is 1. The van der Waals surface area contributed by atoms with Crippen LogP contribution in [0.5, 0.6) is 0 Å². The highest BCUT2D eigenvalue weighted by atomic mass is 19.1. The number of hydrogen-bond acceptors (Lipinski definition) is 3. The van der Waals surface area contributed by atoms with Gasteiger partial charge in [-0.25, -0.2) is 4.39 Å². The second-order valence-electron chi connectivity index (χ2n) is 4.63. The first-order chi connectivity index (χ1) is 8.99. The third-order valence-electron chi connectivity index (χ3n) is 2.72. The van der Waals surface area contributed by atoms with Gasteiger partial charge in [0.05, 0.1) is 5.69 Å². The molecule has 1 aromatic carbocycles. The molecule has 19 heavy (non-hydrogen) atoms. The van der Waals surface area contributed by atoms with E-state index in [1.165, 1.54) is 18.2 Å². The van der Waals surface area contributed by atoms with Crippen LogP contribution in [0.2, 0.25) is 0 Å². The number of rotatable bonds is 3. The maximum Gasteiger partial charge on any atom is 0.261 e. The van der Waals surface area contributed by atoms with Crippen molar-refractivity contribution >= 4 is 11.6 Å². The molecule has 0 aliphatic heterocycles. The lowest BCUT2D eigenvalue weighted by molar-refractivity contribution is 0.102. The van der Waals surface area contributed by atoms with Gasteiger partial charge in [-0.2, -0.15) is 0 Å². The van der Waals surface area contributed by atoms with Gasteiger partial charge in [-0.15, -0.1) is 0 Å². The lowest BCUT2D eigenvalue weighted by Gasteiger charge is -2.07. The van der Waals surface area contributed by atoms with Crippen LogP contribution < -0.4 is 5.32 Å². The van der Waals surface area contributed by atoms with Crippen molar-refractivity contribution in [3.8, 4) is 0 Å². The van der Waals surface area contributed by atoms with Gasteiger partial charge in [0.25, 0.3) is 5.91 Å². The van der Waals surface area contributed by atoms with Crippen molar-refractivity contribution in [2.24, 2.45) is 0 Å². The average Bonchev–Trinajstić information content (AvgIpc) is 2.71. The zero-order valence-electron chi connectivity index (χ0n) is 11.0. The van der Waals surface area contributed by atoms with Crippen LogP contribution in [0, 0.1) is 12.7 Å². The molecule has 1 amide bonds. The Morgan fingerprint density at radius 3 is 2.79 bits per heavy atom. The Morgan fingerprint density at radius 1 is 1.42 bits per heavy atom. The molecule has 0 aliphatic carbocycles. The summed E-state index contributed by atoms with van der Waals surface area (Å²) in [5.74, 6) is -0.155. The van der Waals surface area contributed by atoms with Crippen LogP contribution in [0.25, 0.3) is 0 Å². The van der Waals surface area contributed by atoms with Crippen molar-refractivity contribution in [1.29, 1.82) is 0 Å². The highest BCUT2D eigenvalue weighted by Crippen LogP contribution is 2.23. The predicted octanol–water partition coefficient (Wildman–Crippen LogP) is 3.50. The van der Waals surface area contributed by atoms with E-state index < -0.39 is 5.82 Å². The number of aryl methyl sites for hydroxylation is 1. The third-order valence-corrected chi connectivity index (χ3v) is 2.72. The Balaban J connectivity index is 2.28. The van der Waals surface area contributed by atoms with Crippen molar-refractivity contribution in [3.63, 3.8) is 0 Å². The smallest absolute Gasteiger partial charge is 0.261 e. The summed E-state index contributed by atoms with van der Waals surface area (Å²) in [5, 5.41) is 6.45. The third kappa shape index (κ3) is 2.81. The topological polar surface area (TPSA) is 55.1 Å². The summed E-state index contributed by atoms with van der Waals surface area (Å²) >= 11 is 0. The standard InChI is InChI=1S/C14H15FN2O2/c1-8(2)13-12(9(3)17-19-13)14(18)16-11-6-4-5-10(15)7-11/h4-8H,1-3H3,(H,16,18). The van der Waals surface area contributed by atoms with Crippen LogP contribution in [-0.4, -0.2) is 11.1 Å². The van der Waals surface area contributed by atoms with E-state index >= 15 is 0 Å². The number of carbonyl (C=O) groups excluding carboxylic acids is 1. The van der Waals surface area contributed by atoms with E-state index in [4.69, 9.17) is 4.52 Å². The molecule has 2 aromatic rings. The zero-order valence-corrected chi connectivity index (χ0v) is 11.0. The molecule has 0 radical (unpaired) electrons. The van der Waals surface area contributed by atoms with E-state index in [0.717, 1.165) is 0 Å². The second-order valence-corrected chi connectivity index (χ2v) is 4.63. The first-order valence-corrected chi connectivity index (χ1v) is 6.02. The Bertz CT molecular complexity index is 605. The number of nitrogens with zero attached hydrogens (tertiary/aromatic N) is 1. The lowest BCUT2D eigenvalue weighted by atomic mass is 10.0. The zero-order chi connectivity index (χ0) is 14.0. The van der Waals surface area contributed by atoms with Crippen LogP contribution in [0.15, 0.2) is 28.8 Å². The molecule has 4 nitrogen and oxygen atoms in total. The normalized spacial score (nSPS) is 10.8. The minimum atomic E-state index is -0.399. The largest absolute Gasteiger partial charge is 0.360 e. The Kier molecular flexibility index (Phi) is 3.64. The average molecular weight is 262 g/mol. The van der Waals surface area contributed by atoms with Gasteiger partial charge in [-0.05, 0) is 25.1 Å². The summed E-state index contributed by atoms with van der Waals surface area (Å²) in [6.45, 7) is 5.54. The van der Waals surface area contributed by atoms with Crippen LogP contribution in [0.4, 0.5) is 10.1 Å². The molecular formula is C14H15FN2O2. The van der Waals surface area contributed by atoms with E-state index in [9.17, 15) is 9.18 Å². The molecule has 0 unspecified atom stereocenters. The van der Waals surface area contributed by atoms with Gasteiger partial charge in [0.1, 0.15) is 11.4 Å². The number of nitrogens with one attached hydrogen (secondary N) is 1. The quantitative estimate of drug-likeness (QED) is 0.921. The molecule has 0 saturated carbocycles. The van der Waals surface area contributed by atoms with Gasteiger partial charge in [-0.3, -0.25) is 4.79 Å². The predicted molar refractivity (Wildman–Crippen MR) is 69.7 cm³/mol. The fourth-order valence-corrected chi connectivity index (χ4v) is 1.82. The summed E-state index contributed by atoms with van der Waals surface area (Å²) in [6, 6.07) is 5.74. The summed E-state index contributed by atoms with van der Waals surface area (Å²) in [5.41, 5.74) is 1.34. The van der Waals surface area contributed by atoms with Crippen molar-refractivity contribution < 1.29 is 13.7 Å². The summed E-state index contributed by atoms with van der Waals surface area (Å²) in [6.07, 6.45) is 0. The van der Waals surface area contributed by atoms with Crippen molar-refractivity contribution in [2.75, 3.05) is 5.32 Å². The van der Waals surface area contributed by atoms with Crippen LogP contribution in [0.1, 0.15) is 41.6 Å². The number of benzene rings is 1.